The predicted octanol–water partition coefficient (Wildman–Crippen LogP) is -3.26. The Balaban J connectivity index is 2.48. The molecule has 0 spiro atoms. The number of amides is 4. The average molecular weight is 355 g/mol. The number of nitrogens with two attached hydrogens (primary N) is 4. The zero-order valence-corrected chi connectivity index (χ0v) is 14.1. The summed E-state index contributed by atoms with van der Waals surface area (Å²) in [7, 11) is 1.50. The van der Waals surface area contributed by atoms with E-state index < -0.39 is 18.0 Å². The van der Waals surface area contributed by atoms with Crippen molar-refractivity contribution in [2.45, 2.75) is 31.3 Å². The third-order valence-electron chi connectivity index (χ3n) is 3.53. The molecule has 0 bridgehead atoms. The highest BCUT2D eigenvalue weighted by atomic mass is 16.2. The van der Waals surface area contributed by atoms with E-state index in [0.717, 1.165) is 0 Å². The summed E-state index contributed by atoms with van der Waals surface area (Å²) in [6, 6.07) is -1.99. The summed E-state index contributed by atoms with van der Waals surface area (Å²) < 4.78 is 0. The lowest BCUT2D eigenvalue weighted by Gasteiger charge is -2.30. The van der Waals surface area contributed by atoms with E-state index in [-0.39, 0.29) is 36.8 Å². The number of hydrogen-bond acceptors (Lipinski definition) is 6. The van der Waals surface area contributed by atoms with Gasteiger partial charge in [-0.25, -0.2) is 9.79 Å². The minimum atomic E-state index is -0.839. The lowest BCUT2D eigenvalue weighted by Crippen LogP contribution is -2.58. The van der Waals surface area contributed by atoms with E-state index in [9.17, 15) is 14.4 Å². The Kier molecular flexibility index (Phi) is 7.59. The largest absolute Gasteiger partial charge is 0.370 e. The summed E-state index contributed by atoms with van der Waals surface area (Å²) in [5, 5.41) is 4.55. The molecule has 1 rings (SSSR count). The number of aliphatic imine (C=N–C) groups is 2. The van der Waals surface area contributed by atoms with Gasteiger partial charge in [-0.1, -0.05) is 0 Å². The summed E-state index contributed by atoms with van der Waals surface area (Å²) >= 11 is 0. The first-order valence-electron chi connectivity index (χ1n) is 7.69. The van der Waals surface area contributed by atoms with Crippen molar-refractivity contribution in [1.82, 2.24) is 15.5 Å². The van der Waals surface area contributed by atoms with Crippen LogP contribution in [0.25, 0.3) is 0 Å². The second kappa shape index (κ2) is 9.42. The lowest BCUT2D eigenvalue weighted by atomic mass is 10.1. The van der Waals surface area contributed by atoms with Gasteiger partial charge in [-0.15, -0.1) is 0 Å². The van der Waals surface area contributed by atoms with Gasteiger partial charge in [-0.3, -0.25) is 25.2 Å². The number of likely N-dealkylation sites (N-methyl/N-ethyl adjacent to an activating group) is 1. The van der Waals surface area contributed by atoms with Gasteiger partial charge in [-0.05, 0) is 12.8 Å². The highest BCUT2D eigenvalue weighted by Gasteiger charge is 2.31. The highest BCUT2D eigenvalue weighted by Crippen LogP contribution is 2.08. The molecule has 1 aliphatic heterocycles. The van der Waals surface area contributed by atoms with E-state index in [4.69, 9.17) is 22.9 Å². The molecule has 1 heterocycles. The Bertz CT molecular complexity index is 571. The number of primary amides is 1. The number of carbonyl (C=O) groups excluding carboxylic acids is 3. The van der Waals surface area contributed by atoms with Crippen molar-refractivity contribution < 1.29 is 14.4 Å². The number of rotatable bonds is 7. The van der Waals surface area contributed by atoms with Crippen LogP contribution in [-0.4, -0.2) is 66.9 Å². The molecule has 140 valence electrons. The van der Waals surface area contributed by atoms with Crippen molar-refractivity contribution in [3.8, 4) is 0 Å². The molecule has 25 heavy (non-hydrogen) atoms. The van der Waals surface area contributed by atoms with Crippen LogP contribution in [0.2, 0.25) is 0 Å². The summed E-state index contributed by atoms with van der Waals surface area (Å²) in [5.74, 6) is -0.767. The van der Waals surface area contributed by atoms with Crippen LogP contribution >= 0.6 is 0 Å². The molecule has 0 unspecified atom stereocenters. The summed E-state index contributed by atoms with van der Waals surface area (Å²) in [4.78, 5) is 44.1. The SMILES string of the molecule is CN(C(=O)C[C@@H](N)CCCN=C(N)N)[C@H]1CN=C(NC(N)=O)NC1=O. The Morgan fingerprint density at radius 3 is 2.68 bits per heavy atom. The van der Waals surface area contributed by atoms with Crippen molar-refractivity contribution in [1.29, 1.82) is 0 Å². The third-order valence-corrected chi connectivity index (χ3v) is 3.53. The molecule has 1 aliphatic rings. The van der Waals surface area contributed by atoms with Crippen molar-refractivity contribution in [2.75, 3.05) is 20.1 Å². The normalized spacial score (nSPS) is 17.8. The molecule has 0 aromatic carbocycles. The molecule has 0 saturated heterocycles. The van der Waals surface area contributed by atoms with Crippen LogP contribution in [0, 0.1) is 0 Å². The maximum atomic E-state index is 12.3. The zero-order valence-electron chi connectivity index (χ0n) is 14.1. The fraction of sp³-hybridized carbons (Fsp3) is 0.615. The molecule has 0 aromatic rings. The van der Waals surface area contributed by atoms with Gasteiger partial charge in [0.2, 0.25) is 11.9 Å². The first-order valence-corrected chi connectivity index (χ1v) is 7.69. The van der Waals surface area contributed by atoms with Crippen LogP contribution in [0.3, 0.4) is 0 Å². The third kappa shape index (κ3) is 7.03. The Labute approximate surface area is 145 Å². The standard InChI is InChI=1S/C13H25N9O3/c1-22(8-6-19-13(20-10(8)24)21-12(17)25)9(23)5-7(14)3-2-4-18-11(15)16/h7-8H,2-6,14H2,1H3,(H4,15,16,18)(H4,17,19,20,21,24,25)/t7-,8-/m0/s1. The Morgan fingerprint density at radius 1 is 1.44 bits per heavy atom. The monoisotopic (exact) mass is 355 g/mol. The average Bonchev–Trinajstić information content (AvgIpc) is 2.50. The Hall–Kier alpha value is -2.89. The van der Waals surface area contributed by atoms with Gasteiger partial charge in [0.1, 0.15) is 6.04 Å². The van der Waals surface area contributed by atoms with E-state index in [0.29, 0.717) is 19.4 Å². The quantitative estimate of drug-likeness (QED) is 0.157. The maximum Gasteiger partial charge on any atom is 0.318 e. The molecular weight excluding hydrogens is 330 g/mol. The van der Waals surface area contributed by atoms with Gasteiger partial charge in [0.25, 0.3) is 5.91 Å². The molecular formula is C13H25N9O3. The molecule has 2 atom stereocenters. The first-order chi connectivity index (χ1) is 11.7. The summed E-state index contributed by atoms with van der Waals surface area (Å²) in [6.45, 7) is 0.457. The number of guanidine groups is 2. The van der Waals surface area contributed by atoms with Crippen molar-refractivity contribution in [2.24, 2.45) is 32.9 Å². The van der Waals surface area contributed by atoms with Crippen LogP contribution in [0.1, 0.15) is 19.3 Å². The topological polar surface area (TPSA) is 207 Å². The Morgan fingerprint density at radius 2 is 2.12 bits per heavy atom. The van der Waals surface area contributed by atoms with Gasteiger partial charge in [0.15, 0.2) is 5.96 Å². The van der Waals surface area contributed by atoms with Crippen LogP contribution in [0.5, 0.6) is 0 Å². The predicted molar refractivity (Wildman–Crippen MR) is 92.2 cm³/mol. The van der Waals surface area contributed by atoms with Crippen LogP contribution in [0.15, 0.2) is 9.98 Å². The first kappa shape index (κ1) is 20.2. The fourth-order valence-electron chi connectivity index (χ4n) is 2.19. The molecule has 12 nitrogen and oxygen atoms in total. The van der Waals surface area contributed by atoms with Gasteiger partial charge in [-0.2, -0.15) is 0 Å². The number of urea groups is 1. The van der Waals surface area contributed by atoms with E-state index >= 15 is 0 Å². The van der Waals surface area contributed by atoms with E-state index in [1.807, 2.05) is 0 Å². The molecule has 12 heteroatoms. The van der Waals surface area contributed by atoms with E-state index in [2.05, 4.69) is 20.6 Å². The molecule has 0 radical (unpaired) electrons. The lowest BCUT2D eigenvalue weighted by molar-refractivity contribution is -0.138. The highest BCUT2D eigenvalue weighted by molar-refractivity contribution is 6.07. The smallest absolute Gasteiger partial charge is 0.318 e. The van der Waals surface area contributed by atoms with Gasteiger partial charge in [0, 0.05) is 26.1 Å². The number of nitrogens with zero attached hydrogens (tertiary/aromatic N) is 3. The number of carbonyl (C=O) groups is 3. The number of nitrogens with one attached hydrogen (secondary N) is 2. The van der Waals surface area contributed by atoms with E-state index in [1.165, 1.54) is 11.9 Å². The molecule has 0 aliphatic carbocycles. The molecule has 0 saturated carbocycles. The minimum Gasteiger partial charge on any atom is -0.370 e. The molecule has 0 fully saturated rings. The second-order valence-electron chi connectivity index (χ2n) is 5.60. The van der Waals surface area contributed by atoms with Crippen LogP contribution in [-0.2, 0) is 9.59 Å². The molecule has 10 N–H and O–H groups in total. The number of hydrogen-bond donors (Lipinski definition) is 6. The van der Waals surface area contributed by atoms with Gasteiger partial charge in [0.05, 0.1) is 6.54 Å². The summed E-state index contributed by atoms with van der Waals surface area (Å²) in [6.07, 6.45) is 1.29. The second-order valence-corrected chi connectivity index (χ2v) is 5.60. The minimum absolute atomic E-state index is 0.0124. The fourth-order valence-corrected chi connectivity index (χ4v) is 2.19. The van der Waals surface area contributed by atoms with Crippen LogP contribution in [0.4, 0.5) is 4.79 Å². The maximum absolute atomic E-state index is 12.3. The van der Waals surface area contributed by atoms with Crippen LogP contribution < -0.4 is 33.6 Å². The van der Waals surface area contributed by atoms with Crippen molar-refractivity contribution in [3.63, 3.8) is 0 Å². The summed E-state index contributed by atoms with van der Waals surface area (Å²) in [5.41, 5.74) is 21.3. The van der Waals surface area contributed by atoms with E-state index in [1.54, 1.807) is 0 Å². The van der Waals surface area contributed by atoms with Crippen molar-refractivity contribution in [3.05, 3.63) is 0 Å². The van der Waals surface area contributed by atoms with Gasteiger partial charge < -0.3 is 27.8 Å². The van der Waals surface area contributed by atoms with Gasteiger partial charge >= 0.3 is 6.03 Å². The molecule has 4 amide bonds. The molecule has 0 aromatic heterocycles. The zero-order chi connectivity index (χ0) is 19.0. The van der Waals surface area contributed by atoms with Crippen molar-refractivity contribution >= 4 is 29.8 Å².